The molecule has 4 aromatic rings. The van der Waals surface area contributed by atoms with Gasteiger partial charge in [0.15, 0.2) is 0 Å². The van der Waals surface area contributed by atoms with Gasteiger partial charge in [0.25, 0.3) is 5.91 Å². The average Bonchev–Trinajstić information content (AvgIpc) is 2.94. The van der Waals surface area contributed by atoms with Crippen LogP contribution in [0.1, 0.15) is 17.4 Å². The van der Waals surface area contributed by atoms with Crippen LogP contribution in [0.4, 0.5) is 23.0 Å². The fourth-order valence-electron chi connectivity index (χ4n) is 4.24. The molecule has 186 valence electrons. The van der Waals surface area contributed by atoms with Crippen molar-refractivity contribution in [3.8, 4) is 11.3 Å². The molecule has 37 heavy (non-hydrogen) atoms. The van der Waals surface area contributed by atoms with E-state index in [4.69, 9.17) is 0 Å². The number of nitrogens with one attached hydrogen (secondary N) is 2. The van der Waals surface area contributed by atoms with E-state index in [2.05, 4.69) is 42.6 Å². The van der Waals surface area contributed by atoms with Gasteiger partial charge in [-0.05, 0) is 48.5 Å². The van der Waals surface area contributed by atoms with Crippen molar-refractivity contribution in [2.45, 2.75) is 6.92 Å². The van der Waals surface area contributed by atoms with Crippen molar-refractivity contribution < 1.29 is 9.59 Å². The highest BCUT2D eigenvalue weighted by Gasteiger charge is 2.23. The van der Waals surface area contributed by atoms with Crippen LogP contribution in [-0.2, 0) is 4.79 Å². The first kappa shape index (κ1) is 23.9. The number of aromatic nitrogens is 3. The Morgan fingerprint density at radius 3 is 2.35 bits per heavy atom. The highest BCUT2D eigenvalue weighted by atomic mass is 16.2. The van der Waals surface area contributed by atoms with Crippen LogP contribution in [0.15, 0.2) is 85.2 Å². The molecule has 0 spiro atoms. The van der Waals surface area contributed by atoms with E-state index in [1.807, 2.05) is 59.5 Å². The van der Waals surface area contributed by atoms with Gasteiger partial charge in [-0.15, -0.1) is 0 Å². The number of benzene rings is 2. The second kappa shape index (κ2) is 10.9. The monoisotopic (exact) mass is 493 g/mol. The summed E-state index contributed by atoms with van der Waals surface area (Å²) in [4.78, 5) is 41.3. The maximum Gasteiger partial charge on any atom is 0.272 e. The summed E-state index contributed by atoms with van der Waals surface area (Å²) in [7, 11) is 0. The van der Waals surface area contributed by atoms with Crippen LogP contribution in [0.3, 0.4) is 0 Å². The third kappa shape index (κ3) is 5.90. The summed E-state index contributed by atoms with van der Waals surface area (Å²) in [5.74, 6) is 0.354. The van der Waals surface area contributed by atoms with E-state index in [-0.39, 0.29) is 11.8 Å². The number of nitrogens with zero attached hydrogens (tertiary/aromatic N) is 5. The number of rotatable bonds is 6. The van der Waals surface area contributed by atoms with Gasteiger partial charge in [-0.25, -0.2) is 9.97 Å². The highest BCUT2D eigenvalue weighted by Crippen LogP contribution is 2.25. The van der Waals surface area contributed by atoms with Crippen molar-refractivity contribution in [1.29, 1.82) is 0 Å². The van der Waals surface area contributed by atoms with Crippen LogP contribution < -0.4 is 15.5 Å². The standard InChI is InChI=1S/C28H27N7O2/c1-20(36)31-22-10-8-21(9-11-22)25-12-14-30-28(33-25)32-23-5-4-6-24(19-23)34-15-17-35(18-16-34)27(37)26-7-2-3-13-29-26/h2-14,19H,15-18H2,1H3,(H,31,36)(H,30,32,33). The summed E-state index contributed by atoms with van der Waals surface area (Å²) >= 11 is 0. The number of pyridine rings is 1. The Morgan fingerprint density at radius 1 is 0.811 bits per heavy atom. The summed E-state index contributed by atoms with van der Waals surface area (Å²) < 4.78 is 0. The Balaban J connectivity index is 1.23. The maximum absolute atomic E-state index is 12.7. The molecule has 1 fully saturated rings. The van der Waals surface area contributed by atoms with Crippen molar-refractivity contribution in [3.63, 3.8) is 0 Å². The van der Waals surface area contributed by atoms with Crippen molar-refractivity contribution in [2.75, 3.05) is 41.7 Å². The van der Waals surface area contributed by atoms with Crippen LogP contribution in [0.25, 0.3) is 11.3 Å². The van der Waals surface area contributed by atoms with Gasteiger partial charge in [0.2, 0.25) is 11.9 Å². The van der Waals surface area contributed by atoms with Gasteiger partial charge in [0.05, 0.1) is 5.69 Å². The van der Waals surface area contributed by atoms with Crippen molar-refractivity contribution in [1.82, 2.24) is 19.9 Å². The quantitative estimate of drug-likeness (QED) is 0.415. The second-order valence-electron chi connectivity index (χ2n) is 8.69. The number of hydrogen-bond donors (Lipinski definition) is 2. The molecule has 3 heterocycles. The molecule has 0 bridgehead atoms. The predicted octanol–water partition coefficient (Wildman–Crippen LogP) is 4.20. The summed E-state index contributed by atoms with van der Waals surface area (Å²) in [5.41, 5.74) is 4.86. The SMILES string of the molecule is CC(=O)Nc1ccc(-c2ccnc(Nc3cccc(N4CCN(C(=O)c5ccccn5)CC4)c3)n2)cc1. The lowest BCUT2D eigenvalue weighted by Crippen LogP contribution is -2.49. The van der Waals surface area contributed by atoms with Gasteiger partial charge >= 0.3 is 0 Å². The van der Waals surface area contributed by atoms with Gasteiger partial charge < -0.3 is 20.4 Å². The molecule has 0 saturated carbocycles. The van der Waals surface area contributed by atoms with Gasteiger partial charge in [0, 0.05) is 68.1 Å². The van der Waals surface area contributed by atoms with E-state index >= 15 is 0 Å². The van der Waals surface area contributed by atoms with Crippen LogP contribution >= 0.6 is 0 Å². The molecule has 0 radical (unpaired) electrons. The first-order valence-electron chi connectivity index (χ1n) is 12.1. The highest BCUT2D eigenvalue weighted by molar-refractivity contribution is 5.92. The zero-order valence-corrected chi connectivity index (χ0v) is 20.5. The number of anilines is 4. The topological polar surface area (TPSA) is 103 Å². The maximum atomic E-state index is 12.7. The van der Waals surface area contributed by atoms with Crippen molar-refractivity contribution in [2.24, 2.45) is 0 Å². The average molecular weight is 494 g/mol. The lowest BCUT2D eigenvalue weighted by Gasteiger charge is -2.36. The molecule has 9 heteroatoms. The van der Waals surface area contributed by atoms with E-state index < -0.39 is 0 Å². The molecule has 1 saturated heterocycles. The summed E-state index contributed by atoms with van der Waals surface area (Å²) in [6, 6.07) is 22.9. The van der Waals surface area contributed by atoms with Crippen molar-refractivity contribution >= 4 is 34.8 Å². The largest absolute Gasteiger partial charge is 0.368 e. The summed E-state index contributed by atoms with van der Waals surface area (Å²) in [5, 5.41) is 6.07. The molecule has 2 N–H and O–H groups in total. The zero-order valence-electron chi connectivity index (χ0n) is 20.5. The molecule has 5 rings (SSSR count). The fourth-order valence-corrected chi connectivity index (χ4v) is 4.24. The van der Waals surface area contributed by atoms with E-state index in [0.717, 1.165) is 41.4 Å². The van der Waals surface area contributed by atoms with E-state index in [1.54, 1.807) is 18.5 Å². The molecule has 2 aromatic carbocycles. The van der Waals surface area contributed by atoms with E-state index in [1.165, 1.54) is 6.92 Å². The zero-order chi connectivity index (χ0) is 25.6. The molecule has 1 aliphatic heterocycles. The molecular weight excluding hydrogens is 466 g/mol. The summed E-state index contributed by atoms with van der Waals surface area (Å²) in [6.07, 6.45) is 3.36. The summed E-state index contributed by atoms with van der Waals surface area (Å²) in [6.45, 7) is 4.23. The Morgan fingerprint density at radius 2 is 1.62 bits per heavy atom. The Labute approximate surface area is 215 Å². The first-order valence-corrected chi connectivity index (χ1v) is 12.1. The molecule has 0 aliphatic carbocycles. The van der Waals surface area contributed by atoms with Crippen LogP contribution in [0, 0.1) is 0 Å². The molecular formula is C28H27N7O2. The molecule has 2 amide bonds. The van der Waals surface area contributed by atoms with E-state index in [0.29, 0.717) is 24.7 Å². The van der Waals surface area contributed by atoms with Crippen LogP contribution in [-0.4, -0.2) is 57.8 Å². The smallest absolute Gasteiger partial charge is 0.272 e. The molecule has 0 atom stereocenters. The number of piperazine rings is 1. The molecule has 0 unspecified atom stereocenters. The number of hydrogen-bond acceptors (Lipinski definition) is 7. The van der Waals surface area contributed by atoms with Crippen LogP contribution in [0.5, 0.6) is 0 Å². The fraction of sp³-hybridized carbons (Fsp3) is 0.179. The minimum absolute atomic E-state index is 0.0301. The molecule has 1 aliphatic rings. The Bertz CT molecular complexity index is 1390. The number of carbonyl (C=O) groups is 2. The van der Waals surface area contributed by atoms with Crippen molar-refractivity contribution in [3.05, 3.63) is 90.9 Å². The Hall–Kier alpha value is -4.79. The minimum Gasteiger partial charge on any atom is -0.368 e. The normalized spacial score (nSPS) is 13.2. The van der Waals surface area contributed by atoms with Gasteiger partial charge in [0.1, 0.15) is 5.69 Å². The van der Waals surface area contributed by atoms with E-state index in [9.17, 15) is 9.59 Å². The number of amides is 2. The second-order valence-corrected chi connectivity index (χ2v) is 8.69. The van der Waals surface area contributed by atoms with Gasteiger partial charge in [-0.2, -0.15) is 0 Å². The minimum atomic E-state index is -0.108. The molecule has 9 nitrogen and oxygen atoms in total. The molecule has 2 aromatic heterocycles. The lowest BCUT2D eigenvalue weighted by atomic mass is 10.1. The van der Waals surface area contributed by atoms with Gasteiger partial charge in [-0.3, -0.25) is 14.6 Å². The Kier molecular flexibility index (Phi) is 7.02. The first-order chi connectivity index (χ1) is 18.0. The third-order valence-electron chi connectivity index (χ3n) is 6.07. The third-order valence-corrected chi connectivity index (χ3v) is 6.07. The lowest BCUT2D eigenvalue weighted by molar-refractivity contribution is -0.114. The van der Waals surface area contributed by atoms with Crippen LogP contribution in [0.2, 0.25) is 0 Å². The van der Waals surface area contributed by atoms with Gasteiger partial charge in [-0.1, -0.05) is 24.3 Å². The predicted molar refractivity (Wildman–Crippen MR) is 144 cm³/mol. The number of carbonyl (C=O) groups excluding carboxylic acids is 2.